The van der Waals surface area contributed by atoms with E-state index < -0.39 is 11.7 Å². The molecule has 5 nitrogen and oxygen atoms in total. The molecule has 27 heavy (non-hydrogen) atoms. The van der Waals surface area contributed by atoms with Crippen LogP contribution in [-0.4, -0.2) is 39.7 Å². The van der Waals surface area contributed by atoms with Gasteiger partial charge in [0.1, 0.15) is 0 Å². The summed E-state index contributed by atoms with van der Waals surface area (Å²) in [6.07, 6.45) is 1.04. The van der Waals surface area contributed by atoms with Gasteiger partial charge < -0.3 is 15.5 Å². The minimum absolute atomic E-state index is 0.0734. The van der Waals surface area contributed by atoms with Crippen LogP contribution in [0.4, 0.5) is 5.69 Å². The van der Waals surface area contributed by atoms with Crippen LogP contribution in [0.3, 0.4) is 0 Å². The summed E-state index contributed by atoms with van der Waals surface area (Å²) in [6, 6.07) is 17.4. The zero-order valence-electron chi connectivity index (χ0n) is 15.8. The van der Waals surface area contributed by atoms with Gasteiger partial charge in [0.05, 0.1) is 11.7 Å². The van der Waals surface area contributed by atoms with E-state index in [1.165, 1.54) is 12.5 Å². The predicted octanol–water partition coefficient (Wildman–Crippen LogP) is 3.10. The molecule has 1 unspecified atom stereocenters. The lowest BCUT2D eigenvalue weighted by atomic mass is 9.84. The van der Waals surface area contributed by atoms with E-state index in [4.69, 9.17) is 0 Å². The van der Waals surface area contributed by atoms with Crippen molar-refractivity contribution in [2.45, 2.75) is 44.4 Å². The van der Waals surface area contributed by atoms with Crippen molar-refractivity contribution in [1.82, 2.24) is 4.90 Å². The van der Waals surface area contributed by atoms with E-state index in [9.17, 15) is 15.0 Å². The zero-order chi connectivity index (χ0) is 19.3. The van der Waals surface area contributed by atoms with Crippen LogP contribution in [0.25, 0.3) is 0 Å². The van der Waals surface area contributed by atoms with Gasteiger partial charge in [-0.25, -0.2) is 0 Å². The van der Waals surface area contributed by atoms with Gasteiger partial charge in [0.15, 0.2) is 0 Å². The molecule has 5 heteroatoms. The van der Waals surface area contributed by atoms with E-state index >= 15 is 0 Å². The van der Waals surface area contributed by atoms with E-state index in [1.54, 1.807) is 0 Å². The molecule has 1 amide bonds. The van der Waals surface area contributed by atoms with Gasteiger partial charge in [-0.2, -0.15) is 0 Å². The van der Waals surface area contributed by atoms with Crippen molar-refractivity contribution >= 4 is 11.6 Å². The normalized spacial score (nSPS) is 18.0. The lowest BCUT2D eigenvalue weighted by molar-refractivity contribution is -0.114. The topological polar surface area (TPSA) is 72.8 Å². The van der Waals surface area contributed by atoms with Crippen molar-refractivity contribution in [3.8, 4) is 0 Å². The van der Waals surface area contributed by atoms with E-state index in [0.717, 1.165) is 30.9 Å². The average Bonchev–Trinajstić information content (AvgIpc) is 2.65. The molecule has 1 saturated heterocycles. The van der Waals surface area contributed by atoms with E-state index in [2.05, 4.69) is 10.2 Å². The zero-order valence-corrected chi connectivity index (χ0v) is 15.8. The largest absolute Gasteiger partial charge is 0.390 e. The highest BCUT2D eigenvalue weighted by atomic mass is 16.3. The Kier molecular flexibility index (Phi) is 6.26. The molecule has 1 aliphatic heterocycles. The summed E-state index contributed by atoms with van der Waals surface area (Å²) in [4.78, 5) is 13.4. The average molecular weight is 368 g/mol. The van der Waals surface area contributed by atoms with Gasteiger partial charge in [0.2, 0.25) is 5.91 Å². The molecule has 0 spiro atoms. The van der Waals surface area contributed by atoms with Crippen LogP contribution >= 0.6 is 0 Å². The quantitative estimate of drug-likeness (QED) is 0.733. The number of likely N-dealkylation sites (tertiary alicyclic amines) is 1. The summed E-state index contributed by atoms with van der Waals surface area (Å²) >= 11 is 0. The van der Waals surface area contributed by atoms with Gasteiger partial charge in [0.25, 0.3) is 0 Å². The lowest BCUT2D eigenvalue weighted by Crippen LogP contribution is -2.44. The highest BCUT2D eigenvalue weighted by Gasteiger charge is 2.34. The molecule has 1 fully saturated rings. The van der Waals surface area contributed by atoms with Gasteiger partial charge in [-0.1, -0.05) is 42.5 Å². The molecular formula is C22H28N2O3. The maximum atomic E-state index is 11.1. The molecule has 1 aliphatic rings. The van der Waals surface area contributed by atoms with E-state index in [0.29, 0.717) is 19.3 Å². The fourth-order valence-corrected chi connectivity index (χ4v) is 3.64. The van der Waals surface area contributed by atoms with Crippen molar-refractivity contribution in [1.29, 1.82) is 0 Å². The van der Waals surface area contributed by atoms with E-state index in [1.807, 2.05) is 54.6 Å². The highest BCUT2D eigenvalue weighted by Crippen LogP contribution is 2.32. The van der Waals surface area contributed by atoms with Gasteiger partial charge in [-0.15, -0.1) is 0 Å². The molecular weight excluding hydrogens is 340 g/mol. The second-order valence-corrected chi connectivity index (χ2v) is 7.51. The number of aliphatic hydroxyl groups excluding tert-OH is 1. The molecule has 2 aromatic carbocycles. The minimum Gasteiger partial charge on any atom is -0.390 e. The Hall–Kier alpha value is -2.21. The standard InChI is InChI=1S/C22H28N2O3/c1-17(25)23-20-9-7-18(8-10-20)16-24-13-11-22(27,12-14-24)15-21(26)19-5-3-2-4-6-19/h2-10,21,26-27H,11-16H2,1H3,(H,23,25). The molecule has 3 N–H and O–H groups in total. The number of hydrogen-bond acceptors (Lipinski definition) is 4. The summed E-state index contributed by atoms with van der Waals surface area (Å²) in [7, 11) is 0. The predicted molar refractivity (Wildman–Crippen MR) is 106 cm³/mol. The smallest absolute Gasteiger partial charge is 0.221 e. The number of amides is 1. The molecule has 144 valence electrons. The Labute approximate surface area is 160 Å². The summed E-state index contributed by atoms with van der Waals surface area (Å²) in [5.74, 6) is -0.0734. The molecule has 3 rings (SSSR count). The van der Waals surface area contributed by atoms with Crippen LogP contribution in [0.15, 0.2) is 54.6 Å². The first kappa shape index (κ1) is 19.5. The first-order chi connectivity index (χ1) is 12.9. The molecule has 2 aromatic rings. The Balaban J connectivity index is 1.50. The number of benzene rings is 2. The number of hydrogen-bond donors (Lipinski definition) is 3. The number of aliphatic hydroxyl groups is 2. The Morgan fingerprint density at radius 3 is 2.33 bits per heavy atom. The third kappa shape index (κ3) is 5.63. The molecule has 1 heterocycles. The van der Waals surface area contributed by atoms with Crippen molar-refractivity contribution in [3.63, 3.8) is 0 Å². The first-order valence-corrected chi connectivity index (χ1v) is 9.48. The molecule has 0 aromatic heterocycles. The third-order valence-electron chi connectivity index (χ3n) is 5.22. The third-order valence-corrected chi connectivity index (χ3v) is 5.22. The van der Waals surface area contributed by atoms with Crippen LogP contribution in [0.5, 0.6) is 0 Å². The van der Waals surface area contributed by atoms with Crippen molar-refractivity contribution in [2.75, 3.05) is 18.4 Å². The number of carbonyl (C=O) groups excluding carboxylic acids is 1. The molecule has 1 atom stereocenters. The number of piperidine rings is 1. The number of anilines is 1. The number of nitrogens with one attached hydrogen (secondary N) is 1. The summed E-state index contributed by atoms with van der Waals surface area (Å²) < 4.78 is 0. The van der Waals surface area contributed by atoms with Gasteiger partial charge >= 0.3 is 0 Å². The molecule has 0 saturated carbocycles. The summed E-state index contributed by atoms with van der Waals surface area (Å²) in [5, 5.41) is 24.1. The second-order valence-electron chi connectivity index (χ2n) is 7.51. The first-order valence-electron chi connectivity index (χ1n) is 9.48. The van der Waals surface area contributed by atoms with Gasteiger partial charge in [0, 0.05) is 38.7 Å². The second kappa shape index (κ2) is 8.65. The Bertz CT molecular complexity index is 738. The fourth-order valence-electron chi connectivity index (χ4n) is 3.64. The van der Waals surface area contributed by atoms with Crippen molar-refractivity contribution in [3.05, 3.63) is 65.7 Å². The monoisotopic (exact) mass is 368 g/mol. The molecule has 0 aliphatic carbocycles. The Morgan fingerprint density at radius 1 is 1.11 bits per heavy atom. The van der Waals surface area contributed by atoms with E-state index in [-0.39, 0.29) is 5.91 Å². The number of nitrogens with zero attached hydrogens (tertiary/aromatic N) is 1. The van der Waals surface area contributed by atoms with Crippen LogP contribution < -0.4 is 5.32 Å². The number of rotatable bonds is 6. The van der Waals surface area contributed by atoms with Gasteiger partial charge in [-0.05, 0) is 36.1 Å². The SMILES string of the molecule is CC(=O)Nc1ccc(CN2CCC(O)(CC(O)c3ccccc3)CC2)cc1. The summed E-state index contributed by atoms with van der Waals surface area (Å²) in [6.45, 7) is 3.91. The Morgan fingerprint density at radius 2 is 1.74 bits per heavy atom. The maximum Gasteiger partial charge on any atom is 0.221 e. The highest BCUT2D eigenvalue weighted by molar-refractivity contribution is 5.88. The van der Waals surface area contributed by atoms with Crippen LogP contribution in [-0.2, 0) is 11.3 Å². The minimum atomic E-state index is -0.818. The van der Waals surface area contributed by atoms with Crippen molar-refractivity contribution < 1.29 is 15.0 Å². The summed E-state index contributed by atoms with van der Waals surface area (Å²) in [5.41, 5.74) is 2.02. The maximum absolute atomic E-state index is 11.1. The van der Waals surface area contributed by atoms with Crippen LogP contribution in [0.2, 0.25) is 0 Å². The fraction of sp³-hybridized carbons (Fsp3) is 0.409. The van der Waals surface area contributed by atoms with Gasteiger partial charge in [-0.3, -0.25) is 9.69 Å². The molecule has 0 bridgehead atoms. The van der Waals surface area contributed by atoms with Crippen molar-refractivity contribution in [2.24, 2.45) is 0 Å². The van der Waals surface area contributed by atoms with Crippen LogP contribution in [0, 0.1) is 0 Å². The number of carbonyl (C=O) groups is 1. The lowest BCUT2D eigenvalue weighted by Gasteiger charge is -2.39. The van der Waals surface area contributed by atoms with Crippen LogP contribution in [0.1, 0.15) is 43.4 Å². The molecule has 0 radical (unpaired) electrons.